The molecule has 0 aliphatic carbocycles. The van der Waals surface area contributed by atoms with Crippen molar-refractivity contribution in [2.24, 2.45) is 0 Å². The summed E-state index contributed by atoms with van der Waals surface area (Å²) in [6.45, 7) is 4.50. The number of anilines is 1. The summed E-state index contributed by atoms with van der Waals surface area (Å²) >= 11 is 0. The monoisotopic (exact) mass is 641 g/mol. The van der Waals surface area contributed by atoms with Gasteiger partial charge in [0.2, 0.25) is 6.09 Å². The summed E-state index contributed by atoms with van der Waals surface area (Å²) in [5.41, 5.74) is 0.562. The molecule has 230 valence electrons. The molecule has 0 aliphatic heterocycles. The van der Waals surface area contributed by atoms with Gasteiger partial charge in [0, 0.05) is 17.4 Å². The number of amides is 2. The van der Waals surface area contributed by atoms with Crippen LogP contribution in [0.5, 0.6) is 0 Å². The van der Waals surface area contributed by atoms with E-state index in [-0.39, 0.29) is 54.9 Å². The minimum Gasteiger partial charge on any atom is -0.492 e. The molecule has 0 spiro atoms. The van der Waals surface area contributed by atoms with Crippen molar-refractivity contribution in [1.29, 1.82) is 0 Å². The first-order valence-electron chi connectivity index (χ1n) is 13.6. The molecule has 1 heterocycles. The summed E-state index contributed by atoms with van der Waals surface area (Å²) in [5.74, 6) is -1.01. The fourth-order valence-electron chi connectivity index (χ4n) is 4.03. The molecule has 1 aromatic heterocycles. The van der Waals surface area contributed by atoms with Crippen LogP contribution in [0.25, 0.3) is 4.72 Å². The Hall–Kier alpha value is -4.10. The van der Waals surface area contributed by atoms with Crippen molar-refractivity contribution in [2.75, 3.05) is 4.90 Å². The standard InChI is InChI=1S/C32H33N3O8S.Na/c1-32(2,3)43-31(38)34(27-17-11-6-12-18-27)21-26-19-20-35(28(26)29(36)41-22-24-13-7-4-8-14-24)44(39,40)33-30(37)42-23-25-15-9-5-10-16-25;/h4-20H,21-23H2,1-3H3,(H,33,37);/q;+1/p-1. The SMILES string of the molecule is CC(C)(C)OC(=O)N(Cc1ccn(S(=O)(=O)[N-]C(=O)OCc2ccccc2)c1C(=O)OCc1ccccc1)c1ccccc1.[Na+]. The van der Waals surface area contributed by atoms with Gasteiger partial charge >= 0.3 is 41.6 Å². The minimum atomic E-state index is -4.82. The van der Waals surface area contributed by atoms with Gasteiger partial charge in [0.15, 0.2) is 10.2 Å². The fourth-order valence-corrected chi connectivity index (χ4v) is 4.99. The average molecular weight is 642 g/mol. The van der Waals surface area contributed by atoms with Gasteiger partial charge in [-0.25, -0.2) is 22.0 Å². The number of benzene rings is 3. The molecule has 0 saturated carbocycles. The number of esters is 1. The van der Waals surface area contributed by atoms with Crippen molar-refractivity contribution >= 4 is 34.1 Å². The van der Waals surface area contributed by atoms with Crippen molar-refractivity contribution < 1.29 is 66.6 Å². The van der Waals surface area contributed by atoms with Crippen LogP contribution in [0.3, 0.4) is 0 Å². The third-order valence-corrected chi connectivity index (χ3v) is 7.18. The molecule has 13 heteroatoms. The second kappa shape index (κ2) is 15.8. The van der Waals surface area contributed by atoms with Crippen LogP contribution in [-0.2, 0) is 44.2 Å². The van der Waals surface area contributed by atoms with Crippen molar-refractivity contribution in [3.63, 3.8) is 0 Å². The zero-order valence-electron chi connectivity index (χ0n) is 25.5. The predicted molar refractivity (Wildman–Crippen MR) is 163 cm³/mol. The van der Waals surface area contributed by atoms with Crippen LogP contribution >= 0.6 is 0 Å². The Bertz CT molecular complexity index is 1690. The van der Waals surface area contributed by atoms with Gasteiger partial charge < -0.3 is 18.9 Å². The molecule has 0 aliphatic rings. The third-order valence-electron chi connectivity index (χ3n) is 6.00. The van der Waals surface area contributed by atoms with Crippen LogP contribution in [0.1, 0.15) is 48.0 Å². The Kier molecular flexibility index (Phi) is 12.4. The van der Waals surface area contributed by atoms with E-state index < -0.39 is 39.7 Å². The Balaban J connectivity index is 0.00000552. The van der Waals surface area contributed by atoms with Crippen LogP contribution in [-0.4, -0.2) is 36.1 Å². The van der Waals surface area contributed by atoms with Crippen LogP contribution in [0, 0.1) is 0 Å². The Morgan fingerprint density at radius 3 is 1.82 bits per heavy atom. The number of aromatic nitrogens is 1. The molecule has 4 rings (SSSR count). The van der Waals surface area contributed by atoms with Gasteiger partial charge in [-0.2, -0.15) is 0 Å². The molecule has 11 nitrogen and oxygen atoms in total. The zero-order chi connectivity index (χ0) is 31.7. The van der Waals surface area contributed by atoms with Gasteiger partial charge in [-0.1, -0.05) is 78.9 Å². The number of hydrogen-bond acceptors (Lipinski definition) is 8. The number of carbonyl (C=O) groups is 3. The number of carbonyl (C=O) groups excluding carboxylic acids is 3. The molecule has 0 unspecified atom stereocenters. The average Bonchev–Trinajstić information content (AvgIpc) is 3.43. The number of hydrogen-bond donors (Lipinski definition) is 0. The van der Waals surface area contributed by atoms with Gasteiger partial charge in [0.1, 0.15) is 24.5 Å². The Morgan fingerprint density at radius 2 is 1.29 bits per heavy atom. The van der Waals surface area contributed by atoms with Gasteiger partial charge in [0.05, 0.1) is 6.54 Å². The van der Waals surface area contributed by atoms with E-state index in [4.69, 9.17) is 14.2 Å². The molecule has 2 amide bonds. The zero-order valence-corrected chi connectivity index (χ0v) is 28.3. The molecule has 0 saturated heterocycles. The Morgan fingerprint density at radius 1 is 0.778 bits per heavy atom. The van der Waals surface area contributed by atoms with Crippen molar-refractivity contribution in [2.45, 2.75) is 46.1 Å². The van der Waals surface area contributed by atoms with E-state index in [9.17, 15) is 22.8 Å². The maximum Gasteiger partial charge on any atom is 1.00 e. The third kappa shape index (κ3) is 10.2. The molecule has 3 aromatic carbocycles. The van der Waals surface area contributed by atoms with E-state index in [1.165, 1.54) is 11.0 Å². The minimum absolute atomic E-state index is 0. The summed E-state index contributed by atoms with van der Waals surface area (Å²) in [4.78, 5) is 40.4. The van der Waals surface area contributed by atoms with Crippen molar-refractivity contribution in [1.82, 2.24) is 3.97 Å². The van der Waals surface area contributed by atoms with Crippen molar-refractivity contribution in [3.8, 4) is 0 Å². The number of rotatable bonds is 10. The molecule has 0 N–H and O–H groups in total. The van der Waals surface area contributed by atoms with Crippen LogP contribution in [0.2, 0.25) is 0 Å². The largest absolute Gasteiger partial charge is 1.00 e. The molecular formula is C32H32N3NaO8S. The number of ether oxygens (including phenoxy) is 3. The normalized spacial score (nSPS) is 11.1. The molecule has 45 heavy (non-hydrogen) atoms. The molecule has 0 radical (unpaired) electrons. The van der Waals surface area contributed by atoms with Crippen LogP contribution in [0.15, 0.2) is 103 Å². The first-order valence-corrected chi connectivity index (χ1v) is 15.0. The van der Waals surface area contributed by atoms with Gasteiger partial charge in [-0.3, -0.25) is 9.69 Å². The summed E-state index contributed by atoms with van der Waals surface area (Å²) < 4.78 is 46.5. The maximum atomic E-state index is 13.5. The van der Waals surface area contributed by atoms with Gasteiger partial charge in [-0.05, 0) is 50.1 Å². The van der Waals surface area contributed by atoms with Crippen LogP contribution < -0.4 is 34.5 Å². The topological polar surface area (TPSA) is 135 Å². The molecule has 4 aromatic rings. The quantitative estimate of drug-likeness (QED) is 0.146. The van der Waals surface area contributed by atoms with Gasteiger partial charge in [0.25, 0.3) is 0 Å². The van der Waals surface area contributed by atoms with Crippen molar-refractivity contribution in [3.05, 3.63) is 130 Å². The Labute approximate surface area is 284 Å². The summed E-state index contributed by atoms with van der Waals surface area (Å²) in [5, 5.41) is 0. The second-order valence-corrected chi connectivity index (χ2v) is 12.0. The predicted octanol–water partition coefficient (Wildman–Crippen LogP) is 3.59. The van der Waals surface area contributed by atoms with E-state index in [2.05, 4.69) is 4.72 Å². The van der Waals surface area contributed by atoms with Gasteiger partial charge in [-0.15, -0.1) is 0 Å². The molecule has 0 atom stereocenters. The maximum absolute atomic E-state index is 13.5. The second-order valence-electron chi connectivity index (χ2n) is 10.6. The molecule has 0 bridgehead atoms. The summed E-state index contributed by atoms with van der Waals surface area (Å²) in [7, 11) is -4.82. The van der Waals surface area contributed by atoms with E-state index in [0.717, 1.165) is 6.20 Å². The smallest absolute Gasteiger partial charge is 0.492 e. The molecular weight excluding hydrogens is 609 g/mol. The van der Waals surface area contributed by atoms with Crippen LogP contribution in [0.4, 0.5) is 15.3 Å². The number of para-hydroxylation sites is 1. The number of nitrogens with zero attached hydrogens (tertiary/aromatic N) is 3. The van der Waals surface area contributed by atoms with E-state index >= 15 is 0 Å². The van der Waals surface area contributed by atoms with E-state index in [1.807, 2.05) is 0 Å². The summed E-state index contributed by atoms with van der Waals surface area (Å²) in [6.07, 6.45) is -1.03. The summed E-state index contributed by atoms with van der Waals surface area (Å²) in [6, 6.07) is 27.3. The first kappa shape index (κ1) is 35.4. The first-order chi connectivity index (χ1) is 20.9. The van der Waals surface area contributed by atoms with E-state index in [0.29, 0.717) is 20.8 Å². The fraction of sp³-hybridized carbons (Fsp3) is 0.219. The van der Waals surface area contributed by atoms with E-state index in [1.54, 1.807) is 112 Å². The molecule has 0 fully saturated rings.